The van der Waals surface area contributed by atoms with E-state index in [1.54, 1.807) is 30.6 Å². The maximum absolute atomic E-state index is 12.9. The highest BCUT2D eigenvalue weighted by Gasteiger charge is 2.21. The highest BCUT2D eigenvalue weighted by Crippen LogP contribution is 2.25. The molecule has 0 aliphatic rings. The highest BCUT2D eigenvalue weighted by molar-refractivity contribution is 5.93. The molecule has 30 heavy (non-hydrogen) atoms. The smallest absolute Gasteiger partial charge is 0.274 e. The molecule has 6 nitrogen and oxygen atoms in total. The fraction of sp³-hybridized carbons (Fsp3) is 0.125. The Kier molecular flexibility index (Phi) is 5.85. The van der Waals surface area contributed by atoms with Crippen LogP contribution in [0.15, 0.2) is 89.7 Å². The first-order chi connectivity index (χ1) is 14.7. The van der Waals surface area contributed by atoms with Crippen LogP contribution in [0, 0.1) is 0 Å². The van der Waals surface area contributed by atoms with Gasteiger partial charge in [-0.1, -0.05) is 47.6 Å². The van der Waals surface area contributed by atoms with Crippen molar-refractivity contribution in [3.05, 3.63) is 102 Å². The zero-order chi connectivity index (χ0) is 20.8. The normalized spacial score (nSPS) is 11.6. The Morgan fingerprint density at radius 2 is 1.70 bits per heavy atom. The van der Waals surface area contributed by atoms with Crippen molar-refractivity contribution in [1.29, 1.82) is 0 Å². The molecule has 1 N–H and O–H groups in total. The molecule has 0 saturated heterocycles. The molecule has 150 valence electrons. The van der Waals surface area contributed by atoms with Crippen LogP contribution in [0.5, 0.6) is 5.75 Å². The molecule has 0 aliphatic heterocycles. The van der Waals surface area contributed by atoms with Crippen molar-refractivity contribution in [2.75, 3.05) is 6.61 Å². The molecule has 0 spiro atoms. The molecule has 1 unspecified atom stereocenters. The van der Waals surface area contributed by atoms with Crippen LogP contribution in [0.4, 0.5) is 0 Å². The van der Waals surface area contributed by atoms with Gasteiger partial charge in [-0.3, -0.25) is 9.78 Å². The van der Waals surface area contributed by atoms with Crippen LogP contribution in [-0.4, -0.2) is 22.7 Å². The van der Waals surface area contributed by atoms with Crippen LogP contribution in [0.3, 0.4) is 0 Å². The van der Waals surface area contributed by atoms with Gasteiger partial charge in [0.1, 0.15) is 5.75 Å². The lowest BCUT2D eigenvalue weighted by Crippen LogP contribution is -2.29. The van der Waals surface area contributed by atoms with E-state index in [-0.39, 0.29) is 17.6 Å². The summed E-state index contributed by atoms with van der Waals surface area (Å²) >= 11 is 0. The van der Waals surface area contributed by atoms with E-state index in [4.69, 9.17) is 9.26 Å². The number of nitrogens with one attached hydrogen (secondary N) is 1. The summed E-state index contributed by atoms with van der Waals surface area (Å²) in [5.41, 5.74) is 2.93. The number of benzene rings is 2. The molecule has 0 saturated carbocycles. The summed E-state index contributed by atoms with van der Waals surface area (Å²) < 4.78 is 10.9. The van der Waals surface area contributed by atoms with Crippen molar-refractivity contribution in [2.45, 2.75) is 13.0 Å². The SMILES string of the molecule is CCOc1ccc(C(NC(=O)c2cc(-c3ccncc3)on2)c2ccccc2)cc1. The summed E-state index contributed by atoms with van der Waals surface area (Å²) in [5.74, 6) is 0.986. The second-order valence-electron chi connectivity index (χ2n) is 6.63. The zero-order valence-corrected chi connectivity index (χ0v) is 16.5. The van der Waals surface area contributed by atoms with E-state index in [0.29, 0.717) is 12.4 Å². The lowest BCUT2D eigenvalue weighted by Gasteiger charge is -2.19. The summed E-state index contributed by atoms with van der Waals surface area (Å²) in [6, 6.07) is 22.4. The average molecular weight is 399 g/mol. The van der Waals surface area contributed by atoms with Crippen LogP contribution >= 0.6 is 0 Å². The Morgan fingerprint density at radius 1 is 1.00 bits per heavy atom. The molecule has 1 atom stereocenters. The quantitative estimate of drug-likeness (QED) is 0.489. The Hall–Kier alpha value is -3.93. The van der Waals surface area contributed by atoms with Crippen molar-refractivity contribution in [3.63, 3.8) is 0 Å². The molecular formula is C24H21N3O3. The summed E-state index contributed by atoms with van der Waals surface area (Å²) in [7, 11) is 0. The van der Waals surface area contributed by atoms with Gasteiger partial charge in [-0.05, 0) is 42.3 Å². The van der Waals surface area contributed by atoms with Crippen molar-refractivity contribution in [1.82, 2.24) is 15.5 Å². The van der Waals surface area contributed by atoms with Crippen molar-refractivity contribution in [2.24, 2.45) is 0 Å². The van der Waals surface area contributed by atoms with E-state index in [0.717, 1.165) is 22.4 Å². The molecule has 0 aliphatic carbocycles. The first-order valence-electron chi connectivity index (χ1n) is 9.70. The predicted octanol–water partition coefficient (Wildman–Crippen LogP) is 4.65. The molecule has 0 fully saturated rings. The summed E-state index contributed by atoms with van der Waals surface area (Å²) in [5, 5.41) is 7.01. The summed E-state index contributed by atoms with van der Waals surface area (Å²) in [4.78, 5) is 16.9. The second kappa shape index (κ2) is 9.05. The maximum atomic E-state index is 12.9. The van der Waals surface area contributed by atoms with Gasteiger partial charge >= 0.3 is 0 Å². The average Bonchev–Trinajstić information content (AvgIpc) is 3.30. The standard InChI is InChI=1S/C24H21N3O3/c1-2-29-20-10-8-19(9-11-20)23(18-6-4-3-5-7-18)26-24(28)21-16-22(30-27-21)17-12-14-25-15-13-17/h3-16,23H,2H2,1H3,(H,26,28). The molecule has 1 amide bonds. The number of carbonyl (C=O) groups excluding carboxylic acids is 1. The number of rotatable bonds is 7. The summed E-state index contributed by atoms with van der Waals surface area (Å²) in [6.45, 7) is 2.54. The van der Waals surface area contributed by atoms with Gasteiger partial charge in [-0.2, -0.15) is 0 Å². The van der Waals surface area contributed by atoms with Crippen LogP contribution in [0.2, 0.25) is 0 Å². The van der Waals surface area contributed by atoms with Gasteiger partial charge in [-0.25, -0.2) is 0 Å². The Bertz CT molecular complexity index is 1090. The van der Waals surface area contributed by atoms with Crippen LogP contribution in [0.1, 0.15) is 34.6 Å². The molecule has 2 aromatic carbocycles. The molecule has 2 aromatic heterocycles. The first kappa shape index (κ1) is 19.4. The van der Waals surface area contributed by atoms with Gasteiger partial charge in [0.2, 0.25) is 0 Å². The van der Waals surface area contributed by atoms with Crippen LogP contribution in [-0.2, 0) is 0 Å². The van der Waals surface area contributed by atoms with E-state index >= 15 is 0 Å². The van der Waals surface area contributed by atoms with Gasteiger partial charge in [0.05, 0.1) is 12.6 Å². The molecule has 0 bridgehead atoms. The molecule has 4 rings (SSSR count). The van der Waals surface area contributed by atoms with Crippen molar-refractivity contribution in [3.8, 4) is 17.1 Å². The van der Waals surface area contributed by atoms with Crippen LogP contribution in [0.25, 0.3) is 11.3 Å². The predicted molar refractivity (Wildman–Crippen MR) is 113 cm³/mol. The minimum atomic E-state index is -0.338. The van der Waals surface area contributed by atoms with E-state index in [1.807, 2.05) is 61.5 Å². The molecule has 6 heteroatoms. The lowest BCUT2D eigenvalue weighted by molar-refractivity contribution is 0.0934. The molecule has 2 heterocycles. The monoisotopic (exact) mass is 399 g/mol. The van der Waals surface area contributed by atoms with E-state index < -0.39 is 0 Å². The Morgan fingerprint density at radius 3 is 2.40 bits per heavy atom. The Labute approximate surface area is 174 Å². The van der Waals surface area contributed by atoms with Crippen molar-refractivity contribution >= 4 is 5.91 Å². The van der Waals surface area contributed by atoms with Gasteiger partial charge in [-0.15, -0.1) is 0 Å². The van der Waals surface area contributed by atoms with Crippen molar-refractivity contribution < 1.29 is 14.1 Å². The van der Waals surface area contributed by atoms with E-state index in [2.05, 4.69) is 15.5 Å². The van der Waals surface area contributed by atoms with E-state index in [9.17, 15) is 4.79 Å². The first-order valence-corrected chi connectivity index (χ1v) is 9.70. The van der Waals surface area contributed by atoms with Gasteiger partial charge in [0.15, 0.2) is 11.5 Å². The minimum Gasteiger partial charge on any atom is -0.494 e. The third-order valence-electron chi connectivity index (χ3n) is 4.64. The number of hydrogen-bond donors (Lipinski definition) is 1. The number of nitrogens with zero attached hydrogens (tertiary/aromatic N) is 2. The topological polar surface area (TPSA) is 77.2 Å². The zero-order valence-electron chi connectivity index (χ0n) is 16.5. The molecular weight excluding hydrogens is 378 g/mol. The number of carbonyl (C=O) groups is 1. The number of pyridine rings is 1. The minimum absolute atomic E-state index is 0.216. The third-order valence-corrected chi connectivity index (χ3v) is 4.64. The molecule has 0 radical (unpaired) electrons. The highest BCUT2D eigenvalue weighted by atomic mass is 16.5. The number of ether oxygens (including phenoxy) is 1. The Balaban J connectivity index is 1.59. The fourth-order valence-electron chi connectivity index (χ4n) is 3.17. The lowest BCUT2D eigenvalue weighted by atomic mass is 9.98. The number of hydrogen-bond acceptors (Lipinski definition) is 5. The fourth-order valence-corrected chi connectivity index (χ4v) is 3.17. The second-order valence-corrected chi connectivity index (χ2v) is 6.63. The van der Waals surface area contributed by atoms with Gasteiger partial charge in [0, 0.05) is 24.0 Å². The third kappa shape index (κ3) is 4.38. The molecule has 4 aromatic rings. The number of aromatic nitrogens is 2. The number of amides is 1. The van der Waals surface area contributed by atoms with E-state index in [1.165, 1.54) is 0 Å². The van der Waals surface area contributed by atoms with Crippen LogP contribution < -0.4 is 10.1 Å². The summed E-state index contributed by atoms with van der Waals surface area (Å²) in [6.07, 6.45) is 3.32. The van der Waals surface area contributed by atoms with Gasteiger partial charge < -0.3 is 14.6 Å². The maximum Gasteiger partial charge on any atom is 0.274 e. The van der Waals surface area contributed by atoms with Gasteiger partial charge in [0.25, 0.3) is 5.91 Å². The largest absolute Gasteiger partial charge is 0.494 e.